The quantitative estimate of drug-likeness (QED) is 0.557. The minimum atomic E-state index is -0.489. The zero-order valence-electron chi connectivity index (χ0n) is 8.48. The summed E-state index contributed by atoms with van der Waals surface area (Å²) in [6, 6.07) is 4.52. The van der Waals surface area contributed by atoms with Crippen LogP contribution >= 0.6 is 0 Å². The van der Waals surface area contributed by atoms with E-state index in [1.807, 2.05) is 0 Å². The molecule has 0 saturated carbocycles. The standard InChI is InChI=1S/C10H9N3O3/c1-6-5-9(14)12-7-3-2-4-8(13(15)16)10(7)11-6/h2-5,11H,1H3,(H,12,14). The van der Waals surface area contributed by atoms with Gasteiger partial charge in [0.05, 0.1) is 10.6 Å². The van der Waals surface area contributed by atoms with E-state index in [0.29, 0.717) is 17.1 Å². The van der Waals surface area contributed by atoms with Crippen molar-refractivity contribution in [3.8, 4) is 0 Å². The summed E-state index contributed by atoms with van der Waals surface area (Å²) in [4.78, 5) is 21.7. The summed E-state index contributed by atoms with van der Waals surface area (Å²) in [5.74, 6) is -0.302. The molecule has 16 heavy (non-hydrogen) atoms. The average Bonchev–Trinajstić information content (AvgIpc) is 2.33. The SMILES string of the molecule is CC1=CC(=O)Nc2cccc([N+](=O)[O-])c2N1. The number of carbonyl (C=O) groups is 1. The fourth-order valence-electron chi connectivity index (χ4n) is 1.53. The van der Waals surface area contributed by atoms with Crippen LogP contribution < -0.4 is 10.6 Å². The van der Waals surface area contributed by atoms with Crippen LogP contribution in [0.4, 0.5) is 17.1 Å². The number of hydrogen-bond donors (Lipinski definition) is 2. The van der Waals surface area contributed by atoms with Crippen molar-refractivity contribution >= 4 is 23.0 Å². The Kier molecular flexibility index (Phi) is 2.32. The van der Waals surface area contributed by atoms with Gasteiger partial charge in [0.1, 0.15) is 5.69 Å². The van der Waals surface area contributed by atoms with Gasteiger partial charge in [0.25, 0.3) is 5.69 Å². The van der Waals surface area contributed by atoms with Gasteiger partial charge in [-0.2, -0.15) is 0 Å². The first-order valence-electron chi connectivity index (χ1n) is 4.61. The Morgan fingerprint density at radius 2 is 2.06 bits per heavy atom. The van der Waals surface area contributed by atoms with Gasteiger partial charge in [0.15, 0.2) is 0 Å². The smallest absolute Gasteiger partial charge is 0.294 e. The van der Waals surface area contributed by atoms with Crippen LogP contribution in [0.1, 0.15) is 6.92 Å². The van der Waals surface area contributed by atoms with E-state index in [-0.39, 0.29) is 11.6 Å². The summed E-state index contributed by atoms with van der Waals surface area (Å²) < 4.78 is 0. The zero-order valence-corrected chi connectivity index (χ0v) is 8.48. The molecule has 0 aliphatic carbocycles. The second-order valence-electron chi connectivity index (χ2n) is 3.40. The Morgan fingerprint density at radius 1 is 1.31 bits per heavy atom. The Morgan fingerprint density at radius 3 is 2.75 bits per heavy atom. The van der Waals surface area contributed by atoms with Gasteiger partial charge in [0.2, 0.25) is 5.91 Å². The highest BCUT2D eigenvalue weighted by molar-refractivity contribution is 6.05. The van der Waals surface area contributed by atoms with E-state index in [1.165, 1.54) is 18.2 Å². The maximum atomic E-state index is 11.3. The van der Waals surface area contributed by atoms with E-state index >= 15 is 0 Å². The Balaban J connectivity index is 2.58. The van der Waals surface area contributed by atoms with Crippen LogP contribution in [0.3, 0.4) is 0 Å². The number of nitro groups is 1. The summed E-state index contributed by atoms with van der Waals surface area (Å²) in [5, 5.41) is 16.2. The van der Waals surface area contributed by atoms with Gasteiger partial charge >= 0.3 is 0 Å². The van der Waals surface area contributed by atoms with Gasteiger partial charge in [-0.15, -0.1) is 0 Å². The van der Waals surface area contributed by atoms with Crippen LogP contribution in [0.5, 0.6) is 0 Å². The van der Waals surface area contributed by atoms with Crippen molar-refractivity contribution in [2.24, 2.45) is 0 Å². The molecule has 0 aromatic heterocycles. The van der Waals surface area contributed by atoms with Crippen molar-refractivity contribution in [1.29, 1.82) is 0 Å². The molecule has 0 saturated heterocycles. The number of benzene rings is 1. The summed E-state index contributed by atoms with van der Waals surface area (Å²) in [7, 11) is 0. The number of allylic oxidation sites excluding steroid dienone is 1. The maximum absolute atomic E-state index is 11.3. The zero-order chi connectivity index (χ0) is 11.7. The molecule has 1 heterocycles. The first kappa shape index (κ1) is 10.2. The number of carbonyl (C=O) groups excluding carboxylic acids is 1. The lowest BCUT2D eigenvalue weighted by Gasteiger charge is -2.08. The van der Waals surface area contributed by atoms with E-state index in [4.69, 9.17) is 0 Å². The van der Waals surface area contributed by atoms with Crippen LogP contribution in [0.25, 0.3) is 0 Å². The molecule has 0 bridgehead atoms. The van der Waals surface area contributed by atoms with Crippen molar-refractivity contribution in [3.05, 3.63) is 40.1 Å². The molecule has 0 unspecified atom stereocenters. The number of fused-ring (bicyclic) bond motifs is 1. The number of rotatable bonds is 1. The third kappa shape index (κ3) is 1.72. The lowest BCUT2D eigenvalue weighted by Crippen LogP contribution is -2.07. The average molecular weight is 219 g/mol. The molecule has 82 valence electrons. The lowest BCUT2D eigenvalue weighted by atomic mass is 10.2. The predicted octanol–water partition coefficient (Wildman–Crippen LogP) is 1.86. The van der Waals surface area contributed by atoms with Gasteiger partial charge in [-0.05, 0) is 13.0 Å². The summed E-state index contributed by atoms with van der Waals surface area (Å²) >= 11 is 0. The predicted molar refractivity (Wildman–Crippen MR) is 59.1 cm³/mol. The monoisotopic (exact) mass is 219 g/mol. The third-order valence-electron chi connectivity index (χ3n) is 2.17. The molecular formula is C10H9N3O3. The maximum Gasteiger partial charge on any atom is 0.294 e. The number of hydrogen-bond acceptors (Lipinski definition) is 4. The number of anilines is 2. The molecule has 0 radical (unpaired) electrons. The molecule has 6 nitrogen and oxygen atoms in total. The number of nitro benzene ring substituents is 1. The second-order valence-corrected chi connectivity index (χ2v) is 3.40. The van der Waals surface area contributed by atoms with Crippen molar-refractivity contribution < 1.29 is 9.72 Å². The molecule has 1 amide bonds. The summed E-state index contributed by atoms with van der Waals surface area (Å²) in [6.45, 7) is 1.67. The third-order valence-corrected chi connectivity index (χ3v) is 2.17. The molecule has 1 aliphatic rings. The normalized spacial score (nSPS) is 14.1. The molecule has 6 heteroatoms. The Labute approximate surface area is 91.1 Å². The van der Waals surface area contributed by atoms with Crippen LogP contribution in [0, 0.1) is 10.1 Å². The number of amides is 1. The van der Waals surface area contributed by atoms with E-state index in [0.717, 1.165) is 0 Å². The van der Waals surface area contributed by atoms with Gasteiger partial charge in [-0.3, -0.25) is 14.9 Å². The Hall–Kier alpha value is -2.37. The fourth-order valence-corrected chi connectivity index (χ4v) is 1.53. The second kappa shape index (κ2) is 3.65. The first-order chi connectivity index (χ1) is 7.58. The highest BCUT2D eigenvalue weighted by Crippen LogP contribution is 2.34. The highest BCUT2D eigenvalue weighted by atomic mass is 16.6. The van der Waals surface area contributed by atoms with Gasteiger partial charge in [-0.1, -0.05) is 6.07 Å². The van der Waals surface area contributed by atoms with Crippen LogP contribution in [-0.4, -0.2) is 10.8 Å². The number of para-hydroxylation sites is 1. The van der Waals surface area contributed by atoms with E-state index < -0.39 is 4.92 Å². The molecule has 0 fully saturated rings. The van der Waals surface area contributed by atoms with E-state index in [9.17, 15) is 14.9 Å². The molecule has 1 aromatic rings. The first-order valence-corrected chi connectivity index (χ1v) is 4.61. The topological polar surface area (TPSA) is 84.3 Å². The molecular weight excluding hydrogens is 210 g/mol. The molecule has 0 spiro atoms. The summed E-state index contributed by atoms with van der Waals surface area (Å²) in [5.41, 5.74) is 1.22. The van der Waals surface area contributed by atoms with Gasteiger partial charge < -0.3 is 10.6 Å². The van der Waals surface area contributed by atoms with Crippen LogP contribution in [0.15, 0.2) is 30.0 Å². The summed E-state index contributed by atoms with van der Waals surface area (Å²) in [6.07, 6.45) is 1.35. The lowest BCUT2D eigenvalue weighted by molar-refractivity contribution is -0.383. The highest BCUT2D eigenvalue weighted by Gasteiger charge is 2.20. The minimum absolute atomic E-state index is 0.0625. The molecule has 2 rings (SSSR count). The van der Waals surface area contributed by atoms with Crippen LogP contribution in [0.2, 0.25) is 0 Å². The van der Waals surface area contributed by atoms with Crippen molar-refractivity contribution in [1.82, 2.24) is 0 Å². The van der Waals surface area contributed by atoms with Crippen molar-refractivity contribution in [2.75, 3.05) is 10.6 Å². The fraction of sp³-hybridized carbons (Fsp3) is 0.100. The molecule has 1 aromatic carbocycles. The van der Waals surface area contributed by atoms with E-state index in [2.05, 4.69) is 10.6 Å². The van der Waals surface area contributed by atoms with Crippen molar-refractivity contribution in [2.45, 2.75) is 6.92 Å². The molecule has 0 atom stereocenters. The minimum Gasteiger partial charge on any atom is -0.352 e. The molecule has 2 N–H and O–H groups in total. The Bertz CT molecular complexity index is 508. The van der Waals surface area contributed by atoms with Crippen LogP contribution in [-0.2, 0) is 4.79 Å². The van der Waals surface area contributed by atoms with Gasteiger partial charge in [0, 0.05) is 17.8 Å². The number of nitrogens with zero attached hydrogens (tertiary/aromatic N) is 1. The largest absolute Gasteiger partial charge is 0.352 e. The van der Waals surface area contributed by atoms with E-state index in [1.54, 1.807) is 13.0 Å². The molecule has 1 aliphatic heterocycles. The number of nitrogens with one attached hydrogen (secondary N) is 2. The van der Waals surface area contributed by atoms with Gasteiger partial charge in [-0.25, -0.2) is 0 Å². The van der Waals surface area contributed by atoms with Crippen molar-refractivity contribution in [3.63, 3.8) is 0 Å².